The van der Waals surface area contributed by atoms with E-state index in [-0.39, 0.29) is 11.7 Å². The monoisotopic (exact) mass is 393 g/mol. The molecule has 144 valence electrons. The Labute approximate surface area is 170 Å². The first-order chi connectivity index (χ1) is 13.7. The molecule has 0 aromatic heterocycles. The van der Waals surface area contributed by atoms with E-state index in [1.165, 1.54) is 11.6 Å². The number of aryl methyl sites for hydroxylation is 2. The van der Waals surface area contributed by atoms with Crippen LogP contribution in [0.2, 0.25) is 0 Å². The van der Waals surface area contributed by atoms with Gasteiger partial charge in [-0.2, -0.15) is 11.8 Å². The lowest BCUT2D eigenvalue weighted by Gasteiger charge is -2.10. The molecule has 3 aromatic rings. The van der Waals surface area contributed by atoms with Gasteiger partial charge in [-0.15, -0.1) is 0 Å². The molecule has 3 aromatic carbocycles. The lowest BCUT2D eigenvalue weighted by Crippen LogP contribution is -2.26. The van der Waals surface area contributed by atoms with E-state index < -0.39 is 0 Å². The zero-order chi connectivity index (χ0) is 19.6. The molecule has 0 aliphatic rings. The van der Waals surface area contributed by atoms with Gasteiger partial charge in [-0.1, -0.05) is 66.7 Å². The minimum atomic E-state index is -0.175. The normalized spacial score (nSPS) is 10.6. The third-order valence-electron chi connectivity index (χ3n) is 4.54. The highest BCUT2D eigenvalue weighted by molar-refractivity contribution is 7.98. The van der Waals surface area contributed by atoms with Crippen molar-refractivity contribution < 1.29 is 9.18 Å². The maximum absolute atomic E-state index is 13.6. The molecule has 28 heavy (non-hydrogen) atoms. The van der Waals surface area contributed by atoms with Crippen molar-refractivity contribution in [2.75, 3.05) is 12.3 Å². The average molecular weight is 394 g/mol. The smallest absolute Gasteiger partial charge is 0.251 e. The van der Waals surface area contributed by atoms with Crippen molar-refractivity contribution in [3.8, 4) is 0 Å². The summed E-state index contributed by atoms with van der Waals surface area (Å²) in [6.07, 6.45) is 1.74. The number of hydrogen-bond acceptors (Lipinski definition) is 2. The Balaban J connectivity index is 1.47. The van der Waals surface area contributed by atoms with E-state index in [2.05, 4.69) is 17.4 Å². The fraction of sp³-hybridized carbons (Fsp3) is 0.208. The first kappa shape index (κ1) is 20.2. The summed E-state index contributed by atoms with van der Waals surface area (Å²) in [5, 5.41) is 2.98. The first-order valence-electron chi connectivity index (χ1n) is 9.45. The third kappa shape index (κ3) is 5.96. The van der Waals surface area contributed by atoms with Crippen molar-refractivity contribution in [1.29, 1.82) is 0 Å². The van der Waals surface area contributed by atoms with Gasteiger partial charge >= 0.3 is 0 Å². The molecule has 0 bridgehead atoms. The van der Waals surface area contributed by atoms with Gasteiger partial charge in [-0.05, 0) is 41.7 Å². The van der Waals surface area contributed by atoms with Crippen LogP contribution in [0.15, 0.2) is 78.9 Å². The molecule has 0 atom stereocenters. The van der Waals surface area contributed by atoms with Crippen molar-refractivity contribution in [3.05, 3.63) is 107 Å². The Kier molecular flexibility index (Phi) is 7.68. The minimum Gasteiger partial charge on any atom is -0.351 e. The second-order valence-corrected chi connectivity index (χ2v) is 7.65. The lowest BCUT2D eigenvalue weighted by atomic mass is 9.99. The van der Waals surface area contributed by atoms with Crippen LogP contribution < -0.4 is 5.32 Å². The van der Waals surface area contributed by atoms with Crippen LogP contribution in [0.5, 0.6) is 0 Å². The highest BCUT2D eigenvalue weighted by Gasteiger charge is 2.10. The number of carbonyl (C=O) groups is 1. The Hall–Kier alpha value is -2.59. The van der Waals surface area contributed by atoms with Gasteiger partial charge < -0.3 is 5.32 Å². The molecule has 0 spiro atoms. The minimum absolute atomic E-state index is 0.0462. The Morgan fingerprint density at radius 1 is 0.821 bits per heavy atom. The zero-order valence-corrected chi connectivity index (χ0v) is 16.6. The molecule has 1 N–H and O–H groups in total. The number of hydrogen-bond donors (Lipinski definition) is 1. The molecule has 0 heterocycles. The molecule has 0 saturated heterocycles. The summed E-state index contributed by atoms with van der Waals surface area (Å²) in [5.41, 5.74) is 3.76. The van der Waals surface area contributed by atoms with Crippen LogP contribution in [-0.4, -0.2) is 18.2 Å². The van der Waals surface area contributed by atoms with Gasteiger partial charge in [0.1, 0.15) is 5.82 Å². The van der Waals surface area contributed by atoms with Gasteiger partial charge in [-0.3, -0.25) is 4.79 Å². The van der Waals surface area contributed by atoms with E-state index in [9.17, 15) is 9.18 Å². The van der Waals surface area contributed by atoms with Crippen LogP contribution >= 0.6 is 11.8 Å². The van der Waals surface area contributed by atoms with Crippen LogP contribution in [-0.2, 0) is 18.6 Å². The van der Waals surface area contributed by atoms with Crippen molar-refractivity contribution in [2.24, 2.45) is 0 Å². The summed E-state index contributed by atoms with van der Waals surface area (Å²) < 4.78 is 13.6. The van der Waals surface area contributed by atoms with Crippen molar-refractivity contribution in [2.45, 2.75) is 18.6 Å². The van der Waals surface area contributed by atoms with Crippen molar-refractivity contribution in [3.63, 3.8) is 0 Å². The predicted octanol–water partition coefficient (Wildman–Crippen LogP) is 5.27. The number of carbonyl (C=O) groups excluding carboxylic acids is 1. The number of rotatable bonds is 9. The Bertz CT molecular complexity index is 898. The highest BCUT2D eigenvalue weighted by atomic mass is 32.2. The molecule has 3 rings (SSSR count). The number of benzene rings is 3. The van der Waals surface area contributed by atoms with E-state index in [1.54, 1.807) is 23.9 Å². The van der Waals surface area contributed by atoms with Crippen molar-refractivity contribution >= 4 is 17.7 Å². The second kappa shape index (κ2) is 10.7. The van der Waals surface area contributed by atoms with Gasteiger partial charge in [0.25, 0.3) is 5.91 Å². The predicted molar refractivity (Wildman–Crippen MR) is 115 cm³/mol. The van der Waals surface area contributed by atoms with Gasteiger partial charge in [0, 0.05) is 23.6 Å². The van der Waals surface area contributed by atoms with E-state index >= 15 is 0 Å². The van der Waals surface area contributed by atoms with Gasteiger partial charge in [0.05, 0.1) is 0 Å². The summed E-state index contributed by atoms with van der Waals surface area (Å²) >= 11 is 1.61. The van der Waals surface area contributed by atoms with Crippen LogP contribution in [0.1, 0.15) is 27.0 Å². The maximum atomic E-state index is 13.6. The lowest BCUT2D eigenvalue weighted by molar-refractivity contribution is 0.0955. The molecule has 0 radical (unpaired) electrons. The largest absolute Gasteiger partial charge is 0.351 e. The number of amides is 1. The van der Waals surface area contributed by atoms with Gasteiger partial charge in [-0.25, -0.2) is 4.39 Å². The molecule has 0 saturated carbocycles. The molecular weight excluding hydrogens is 369 g/mol. The summed E-state index contributed by atoms with van der Waals surface area (Å²) in [4.78, 5) is 12.6. The Morgan fingerprint density at radius 2 is 1.50 bits per heavy atom. The molecule has 2 nitrogen and oxygen atoms in total. The van der Waals surface area contributed by atoms with Gasteiger partial charge in [0.15, 0.2) is 0 Å². The topological polar surface area (TPSA) is 29.1 Å². The summed E-state index contributed by atoms with van der Waals surface area (Å²) in [6.45, 7) is 0.560. The summed E-state index contributed by atoms with van der Waals surface area (Å²) in [5.74, 6) is 1.13. The van der Waals surface area contributed by atoms with Crippen LogP contribution in [0.4, 0.5) is 4.39 Å². The summed E-state index contributed by atoms with van der Waals surface area (Å²) in [7, 11) is 0. The van der Waals surface area contributed by atoms with E-state index in [4.69, 9.17) is 0 Å². The zero-order valence-electron chi connectivity index (χ0n) is 15.7. The molecule has 0 unspecified atom stereocenters. The number of halogens is 1. The SMILES string of the molecule is O=C(NCCSCc1ccccc1F)c1ccccc1CCc1ccccc1. The van der Waals surface area contributed by atoms with Crippen LogP contribution in [0.25, 0.3) is 0 Å². The average Bonchev–Trinajstić information content (AvgIpc) is 2.74. The molecule has 0 aliphatic carbocycles. The van der Waals surface area contributed by atoms with E-state index in [0.29, 0.717) is 17.9 Å². The summed E-state index contributed by atoms with van der Waals surface area (Å²) in [6, 6.07) is 24.9. The van der Waals surface area contributed by atoms with Crippen molar-refractivity contribution in [1.82, 2.24) is 5.32 Å². The quantitative estimate of drug-likeness (QED) is 0.502. The molecule has 0 aliphatic heterocycles. The van der Waals surface area contributed by atoms with Crippen LogP contribution in [0.3, 0.4) is 0 Å². The third-order valence-corrected chi connectivity index (χ3v) is 5.54. The molecule has 0 fully saturated rings. The Morgan fingerprint density at radius 3 is 2.29 bits per heavy atom. The maximum Gasteiger partial charge on any atom is 0.251 e. The van der Waals surface area contributed by atoms with E-state index in [0.717, 1.165) is 29.7 Å². The fourth-order valence-electron chi connectivity index (χ4n) is 3.01. The number of nitrogens with one attached hydrogen (secondary N) is 1. The molecule has 1 amide bonds. The second-order valence-electron chi connectivity index (χ2n) is 6.54. The van der Waals surface area contributed by atoms with E-state index in [1.807, 2.05) is 48.5 Å². The highest BCUT2D eigenvalue weighted by Crippen LogP contribution is 2.15. The van der Waals surface area contributed by atoms with Gasteiger partial charge in [0.2, 0.25) is 0 Å². The first-order valence-corrected chi connectivity index (χ1v) is 10.6. The standard InChI is InChI=1S/C24H24FNOS/c25-23-13-7-5-11-21(23)18-28-17-16-26-24(27)22-12-6-4-10-20(22)15-14-19-8-2-1-3-9-19/h1-13H,14-18H2,(H,26,27). The van der Waals surface area contributed by atoms with Crippen LogP contribution in [0, 0.1) is 5.82 Å². The fourth-order valence-corrected chi connectivity index (χ4v) is 3.86. The number of thioether (sulfide) groups is 1. The molecule has 4 heteroatoms. The molecular formula is C24H24FNOS.